The second kappa shape index (κ2) is 9.22. The zero-order valence-corrected chi connectivity index (χ0v) is 16.8. The van der Waals surface area contributed by atoms with Crippen LogP contribution < -0.4 is 4.74 Å². The second-order valence-corrected chi connectivity index (χ2v) is 7.57. The Hall–Kier alpha value is -2.37. The van der Waals surface area contributed by atoms with Crippen molar-refractivity contribution < 1.29 is 19.1 Å². The number of aryl methyl sites for hydroxylation is 1. The van der Waals surface area contributed by atoms with Crippen molar-refractivity contribution in [3.8, 4) is 5.75 Å². The molecule has 0 bridgehead atoms. The largest absolute Gasteiger partial charge is 0.465 e. The van der Waals surface area contributed by atoms with E-state index in [1.54, 1.807) is 6.92 Å². The predicted octanol–water partition coefficient (Wildman–Crippen LogP) is 3.67. The maximum atomic E-state index is 13.0. The van der Waals surface area contributed by atoms with Crippen LogP contribution in [0.5, 0.6) is 5.75 Å². The number of benzene rings is 1. The van der Waals surface area contributed by atoms with Crippen molar-refractivity contribution >= 4 is 17.8 Å². The molecule has 0 radical (unpaired) electrons. The Morgan fingerprint density at radius 2 is 1.96 bits per heavy atom. The molecule has 6 heteroatoms. The molecule has 2 heterocycles. The van der Waals surface area contributed by atoms with Gasteiger partial charge in [-0.15, -0.1) is 0 Å². The number of nitrogens with one attached hydrogen (secondary N) is 1. The maximum absolute atomic E-state index is 13.0. The van der Waals surface area contributed by atoms with Crippen molar-refractivity contribution in [2.24, 2.45) is 5.92 Å². The van der Waals surface area contributed by atoms with Crippen LogP contribution in [0.4, 0.5) is 0 Å². The highest BCUT2D eigenvalue weighted by Gasteiger charge is 2.43. The summed E-state index contributed by atoms with van der Waals surface area (Å²) >= 11 is 0. The molecule has 0 aromatic heterocycles. The third-order valence-electron chi connectivity index (χ3n) is 5.56. The molecule has 2 aliphatic rings. The Balaban J connectivity index is 1.93. The van der Waals surface area contributed by atoms with E-state index >= 15 is 0 Å². The lowest BCUT2D eigenvalue weighted by atomic mass is 9.79. The van der Waals surface area contributed by atoms with Crippen LogP contribution in [0.1, 0.15) is 63.0 Å². The molecule has 6 nitrogen and oxygen atoms in total. The lowest BCUT2D eigenvalue weighted by molar-refractivity contribution is -0.147. The average Bonchev–Trinajstić information content (AvgIpc) is 2.69. The van der Waals surface area contributed by atoms with E-state index in [9.17, 15) is 9.59 Å². The van der Waals surface area contributed by atoms with Crippen LogP contribution in [0, 0.1) is 11.3 Å². The van der Waals surface area contributed by atoms with E-state index in [4.69, 9.17) is 14.9 Å². The normalized spacial score (nSPS) is 21.6. The van der Waals surface area contributed by atoms with E-state index in [1.807, 2.05) is 23.1 Å². The van der Waals surface area contributed by atoms with Gasteiger partial charge < -0.3 is 14.4 Å². The molecule has 1 amide bonds. The maximum Gasteiger partial charge on any atom is 0.319 e. The monoisotopic (exact) mass is 386 g/mol. The van der Waals surface area contributed by atoms with Gasteiger partial charge in [-0.3, -0.25) is 15.0 Å². The van der Waals surface area contributed by atoms with Crippen LogP contribution in [0.15, 0.2) is 18.2 Å². The summed E-state index contributed by atoms with van der Waals surface area (Å²) in [6.07, 6.45) is 5.32. The first kappa shape index (κ1) is 20.4. The highest BCUT2D eigenvalue weighted by molar-refractivity contribution is 6.00. The summed E-state index contributed by atoms with van der Waals surface area (Å²) in [6.45, 7) is 5.63. The number of esters is 1. The molecule has 1 saturated heterocycles. The Kier molecular flexibility index (Phi) is 6.70. The van der Waals surface area contributed by atoms with Crippen LogP contribution in [-0.4, -0.2) is 42.4 Å². The highest BCUT2D eigenvalue weighted by atomic mass is 16.5. The van der Waals surface area contributed by atoms with E-state index in [2.05, 4.69) is 6.92 Å². The van der Waals surface area contributed by atoms with E-state index in [0.717, 1.165) is 56.3 Å². The minimum Gasteiger partial charge on any atom is -0.465 e. The third kappa shape index (κ3) is 4.37. The summed E-state index contributed by atoms with van der Waals surface area (Å²) in [4.78, 5) is 27.5. The number of rotatable bonds is 6. The molecule has 3 rings (SSSR count). The third-order valence-corrected chi connectivity index (χ3v) is 5.56. The van der Waals surface area contributed by atoms with Gasteiger partial charge in [0.1, 0.15) is 11.7 Å². The number of carbonyl (C=O) groups excluding carboxylic acids is 2. The van der Waals surface area contributed by atoms with Gasteiger partial charge >= 0.3 is 5.97 Å². The average molecular weight is 386 g/mol. The van der Waals surface area contributed by atoms with Gasteiger partial charge in [-0.05, 0) is 44.2 Å². The Morgan fingerprint density at radius 3 is 2.64 bits per heavy atom. The van der Waals surface area contributed by atoms with Crippen LogP contribution in [0.3, 0.4) is 0 Å². The molecule has 1 N–H and O–H groups in total. The summed E-state index contributed by atoms with van der Waals surface area (Å²) in [5.74, 6) is -1.32. The van der Waals surface area contributed by atoms with Gasteiger partial charge in [0.25, 0.3) is 0 Å². The number of amides is 1. The van der Waals surface area contributed by atoms with Crippen molar-refractivity contribution in [2.75, 3.05) is 19.7 Å². The van der Waals surface area contributed by atoms with Crippen LogP contribution in [-0.2, 0) is 20.7 Å². The topological polar surface area (TPSA) is 79.7 Å². The number of nitrogens with zero attached hydrogens (tertiary/aromatic N) is 1. The number of piperidine rings is 1. The van der Waals surface area contributed by atoms with Crippen molar-refractivity contribution in [1.29, 1.82) is 5.41 Å². The first-order valence-electron chi connectivity index (χ1n) is 10.4. The van der Waals surface area contributed by atoms with Gasteiger partial charge in [-0.1, -0.05) is 25.5 Å². The fourth-order valence-corrected chi connectivity index (χ4v) is 4.16. The van der Waals surface area contributed by atoms with E-state index in [1.165, 1.54) is 0 Å². The lowest BCUT2D eigenvalue weighted by Crippen LogP contribution is -2.42. The van der Waals surface area contributed by atoms with Crippen molar-refractivity contribution in [1.82, 2.24) is 4.90 Å². The molecule has 152 valence electrons. The molecule has 0 spiro atoms. The number of carbonyl (C=O) groups is 2. The molecule has 2 unspecified atom stereocenters. The Morgan fingerprint density at radius 1 is 1.21 bits per heavy atom. The van der Waals surface area contributed by atoms with Gasteiger partial charge in [-0.2, -0.15) is 0 Å². The van der Waals surface area contributed by atoms with Crippen LogP contribution in [0.25, 0.3) is 0 Å². The molecule has 28 heavy (non-hydrogen) atoms. The molecular weight excluding hydrogens is 356 g/mol. The minimum atomic E-state index is -0.877. The predicted molar refractivity (Wildman–Crippen MR) is 107 cm³/mol. The summed E-state index contributed by atoms with van der Waals surface area (Å²) in [5, 5.41) is 8.29. The van der Waals surface area contributed by atoms with Gasteiger partial charge in [0.15, 0.2) is 0 Å². The van der Waals surface area contributed by atoms with Gasteiger partial charge in [0.2, 0.25) is 11.8 Å². The zero-order valence-electron chi connectivity index (χ0n) is 16.8. The fraction of sp³-hybridized carbons (Fsp3) is 0.591. The number of ether oxygens (including phenoxy) is 2. The Bertz CT molecular complexity index is 740. The quantitative estimate of drug-likeness (QED) is 0.757. The minimum absolute atomic E-state index is 0.0422. The second-order valence-electron chi connectivity index (χ2n) is 7.57. The number of hydrogen-bond donors (Lipinski definition) is 1. The molecule has 1 fully saturated rings. The van der Waals surface area contributed by atoms with Crippen molar-refractivity contribution in [3.63, 3.8) is 0 Å². The van der Waals surface area contributed by atoms with E-state index in [-0.39, 0.29) is 24.8 Å². The number of likely N-dealkylation sites (tertiary alicyclic amines) is 1. The molecule has 0 aliphatic carbocycles. The summed E-state index contributed by atoms with van der Waals surface area (Å²) in [5.41, 5.74) is 1.99. The summed E-state index contributed by atoms with van der Waals surface area (Å²) in [6, 6.07) is 5.88. The van der Waals surface area contributed by atoms with Gasteiger partial charge in [0, 0.05) is 31.0 Å². The number of hydrogen-bond acceptors (Lipinski definition) is 5. The smallest absolute Gasteiger partial charge is 0.319 e. The van der Waals surface area contributed by atoms with Gasteiger partial charge in [-0.25, -0.2) is 0 Å². The summed E-state index contributed by atoms with van der Waals surface area (Å²) in [7, 11) is 0. The standard InChI is InChI=1S/C22H30N2O4/c1-3-8-15-9-10-18-16(13-15)17(14-19(25)24-11-6-5-7-12-24)20(21(23)28-18)22(26)27-4-2/h9-10,13,17,20,23H,3-8,11-12,14H2,1-2H3. The first-order valence-corrected chi connectivity index (χ1v) is 10.4. The molecule has 2 aliphatic heterocycles. The fourth-order valence-electron chi connectivity index (χ4n) is 4.16. The lowest BCUT2D eigenvalue weighted by Gasteiger charge is -2.34. The Labute approximate surface area is 166 Å². The molecule has 2 atom stereocenters. The van der Waals surface area contributed by atoms with Crippen molar-refractivity contribution in [3.05, 3.63) is 29.3 Å². The van der Waals surface area contributed by atoms with Crippen LogP contribution in [0.2, 0.25) is 0 Å². The summed E-state index contributed by atoms with van der Waals surface area (Å²) < 4.78 is 10.9. The van der Waals surface area contributed by atoms with E-state index < -0.39 is 17.8 Å². The highest BCUT2D eigenvalue weighted by Crippen LogP contribution is 2.41. The first-order chi connectivity index (χ1) is 13.5. The molecule has 1 aromatic carbocycles. The van der Waals surface area contributed by atoms with Crippen LogP contribution >= 0.6 is 0 Å². The zero-order chi connectivity index (χ0) is 20.1. The number of fused-ring (bicyclic) bond motifs is 1. The molecule has 0 saturated carbocycles. The van der Waals surface area contributed by atoms with E-state index in [0.29, 0.717) is 5.75 Å². The van der Waals surface area contributed by atoms with Crippen molar-refractivity contribution in [2.45, 2.75) is 58.3 Å². The molecular formula is C22H30N2O4. The van der Waals surface area contributed by atoms with Gasteiger partial charge in [0.05, 0.1) is 6.61 Å². The SMILES string of the molecule is CCCc1ccc2c(c1)C(CC(=O)N1CCCCC1)C(C(=O)OCC)C(=N)O2. The molecule has 1 aromatic rings.